The monoisotopic (exact) mass is 295 g/mol. The molecule has 1 rings (SSSR count). The third-order valence-corrected chi connectivity index (χ3v) is 2.61. The van der Waals surface area contributed by atoms with Crippen LogP contribution in [0.25, 0.3) is 0 Å². The summed E-state index contributed by atoms with van der Waals surface area (Å²) in [5.74, 6) is -0.881. The predicted octanol–water partition coefficient (Wildman–Crippen LogP) is 2.73. The van der Waals surface area contributed by atoms with Crippen LogP contribution in [0.15, 0.2) is 12.1 Å². The van der Waals surface area contributed by atoms with Gasteiger partial charge in [0.15, 0.2) is 0 Å². The largest absolute Gasteiger partial charge is 0.406 e. The Morgan fingerprint density at radius 1 is 1.47 bits per heavy atom. The van der Waals surface area contributed by atoms with Gasteiger partial charge < -0.3 is 10.6 Å². The molecule has 0 spiro atoms. The van der Waals surface area contributed by atoms with Gasteiger partial charge in [-0.05, 0) is 26.0 Å². The lowest BCUT2D eigenvalue weighted by molar-refractivity contribution is -0.143. The Balaban J connectivity index is 3.09. The van der Waals surface area contributed by atoms with Crippen molar-refractivity contribution in [2.45, 2.75) is 26.1 Å². The number of halogens is 4. The smallest absolute Gasteiger partial charge is 0.384 e. The Morgan fingerprint density at radius 3 is 2.53 bits per heavy atom. The number of aromatic nitrogens is 1. The molecule has 19 heavy (non-hydrogen) atoms. The molecule has 0 atom stereocenters. The third kappa shape index (κ3) is 4.27. The van der Waals surface area contributed by atoms with E-state index < -0.39 is 24.7 Å². The molecule has 0 aliphatic carbocycles. The molecule has 1 heterocycles. The molecule has 0 aromatic carbocycles. The predicted molar refractivity (Wildman–Crippen MR) is 65.9 cm³/mol. The van der Waals surface area contributed by atoms with Gasteiger partial charge in [-0.25, -0.2) is 4.98 Å². The summed E-state index contributed by atoms with van der Waals surface area (Å²) in [6.45, 7) is 1.59. The van der Waals surface area contributed by atoms with Crippen LogP contribution >= 0.6 is 11.6 Å². The Kier molecular flexibility index (Phi) is 4.62. The maximum absolute atomic E-state index is 12.4. The molecular formula is C11H13ClF3N3O. The normalized spacial score (nSPS) is 11.7. The third-order valence-electron chi connectivity index (χ3n) is 2.30. The number of nitrogens with two attached hydrogens (primary N) is 1. The minimum atomic E-state index is -4.49. The van der Waals surface area contributed by atoms with E-state index >= 15 is 0 Å². The lowest BCUT2D eigenvalue weighted by Gasteiger charge is -2.27. The second kappa shape index (κ2) is 5.64. The van der Waals surface area contributed by atoms with Gasteiger partial charge in [-0.2, -0.15) is 13.2 Å². The van der Waals surface area contributed by atoms with Crippen LogP contribution in [0.2, 0.25) is 5.02 Å². The average Bonchev–Trinajstić information content (AvgIpc) is 2.27. The molecule has 0 aliphatic heterocycles. The zero-order valence-corrected chi connectivity index (χ0v) is 11.1. The first-order valence-corrected chi connectivity index (χ1v) is 5.79. The summed E-state index contributed by atoms with van der Waals surface area (Å²) >= 11 is 5.76. The topological polar surface area (TPSA) is 59.2 Å². The van der Waals surface area contributed by atoms with E-state index in [4.69, 9.17) is 17.3 Å². The number of carbonyl (C=O) groups is 1. The molecule has 0 bridgehead atoms. The van der Waals surface area contributed by atoms with Gasteiger partial charge in [0.1, 0.15) is 18.1 Å². The number of rotatable bonds is 3. The zero-order valence-electron chi connectivity index (χ0n) is 10.3. The van der Waals surface area contributed by atoms with Crippen molar-refractivity contribution >= 4 is 23.3 Å². The van der Waals surface area contributed by atoms with Crippen molar-refractivity contribution in [3.63, 3.8) is 0 Å². The molecule has 0 radical (unpaired) electrons. The zero-order chi connectivity index (χ0) is 14.8. The number of alkyl halides is 3. The van der Waals surface area contributed by atoms with E-state index in [1.807, 2.05) is 0 Å². The van der Waals surface area contributed by atoms with Crippen LogP contribution in [0.5, 0.6) is 0 Å². The van der Waals surface area contributed by atoms with Gasteiger partial charge in [0.2, 0.25) is 0 Å². The van der Waals surface area contributed by atoms with Gasteiger partial charge in [0, 0.05) is 6.04 Å². The molecule has 106 valence electrons. The van der Waals surface area contributed by atoms with E-state index in [0.717, 1.165) is 0 Å². The molecule has 0 aliphatic rings. The van der Waals surface area contributed by atoms with E-state index in [1.165, 1.54) is 26.0 Å². The summed E-state index contributed by atoms with van der Waals surface area (Å²) in [4.78, 5) is 16.4. The van der Waals surface area contributed by atoms with Crippen molar-refractivity contribution in [1.29, 1.82) is 0 Å². The van der Waals surface area contributed by atoms with Crippen molar-refractivity contribution in [3.8, 4) is 0 Å². The fourth-order valence-corrected chi connectivity index (χ4v) is 1.61. The first-order valence-electron chi connectivity index (χ1n) is 5.41. The second-order valence-electron chi connectivity index (χ2n) is 4.21. The average molecular weight is 296 g/mol. The lowest BCUT2D eigenvalue weighted by atomic mass is 10.2. The molecule has 0 fully saturated rings. The second-order valence-corrected chi connectivity index (χ2v) is 4.62. The Morgan fingerprint density at radius 2 is 2.05 bits per heavy atom. The number of carbonyl (C=O) groups excluding carboxylic acids is 1. The Hall–Kier alpha value is -1.50. The minimum Gasteiger partial charge on any atom is -0.384 e. The van der Waals surface area contributed by atoms with Crippen molar-refractivity contribution in [3.05, 3.63) is 22.8 Å². The lowest BCUT2D eigenvalue weighted by Crippen LogP contribution is -2.43. The molecule has 2 N–H and O–H groups in total. The molecule has 1 amide bonds. The van der Waals surface area contributed by atoms with E-state index in [-0.39, 0.29) is 16.5 Å². The molecular weight excluding hydrogens is 283 g/mol. The highest BCUT2D eigenvalue weighted by molar-refractivity contribution is 6.33. The SMILES string of the molecule is CC(C)N(CC(F)(F)F)C(=O)c1nc(N)ccc1Cl. The molecule has 8 heteroatoms. The molecule has 0 unspecified atom stereocenters. The van der Waals surface area contributed by atoms with Crippen molar-refractivity contribution in [2.75, 3.05) is 12.3 Å². The maximum atomic E-state index is 12.4. The van der Waals surface area contributed by atoms with E-state index in [0.29, 0.717) is 4.90 Å². The highest BCUT2D eigenvalue weighted by Gasteiger charge is 2.35. The fraction of sp³-hybridized carbons (Fsp3) is 0.455. The Bertz CT molecular complexity index is 477. The standard InChI is InChI=1S/C11H13ClF3N3O/c1-6(2)18(5-11(13,14)15)10(19)9-7(12)3-4-8(16)17-9/h3-4,6H,5H2,1-2H3,(H2,16,17). The number of hydrogen-bond donors (Lipinski definition) is 1. The number of nitrogens with zero attached hydrogens (tertiary/aromatic N) is 2. The molecule has 1 aromatic heterocycles. The first-order chi connectivity index (χ1) is 8.61. The minimum absolute atomic E-state index is 0.0171. The Labute approximate surface area is 113 Å². The first kappa shape index (κ1) is 15.6. The number of amides is 1. The molecule has 0 saturated heterocycles. The highest BCUT2D eigenvalue weighted by atomic mass is 35.5. The van der Waals surface area contributed by atoms with Crippen molar-refractivity contribution < 1.29 is 18.0 Å². The summed E-state index contributed by atoms with van der Waals surface area (Å²) in [5, 5.41) is -0.0352. The number of hydrogen-bond acceptors (Lipinski definition) is 3. The summed E-state index contributed by atoms with van der Waals surface area (Å²) in [7, 11) is 0. The fourth-order valence-electron chi connectivity index (χ4n) is 1.43. The van der Waals surface area contributed by atoms with Gasteiger partial charge >= 0.3 is 6.18 Å². The van der Waals surface area contributed by atoms with Crippen LogP contribution in [0.4, 0.5) is 19.0 Å². The number of nitrogen functional groups attached to an aromatic ring is 1. The summed E-state index contributed by atoms with van der Waals surface area (Å²) in [6, 6.07) is 2.04. The highest BCUT2D eigenvalue weighted by Crippen LogP contribution is 2.22. The van der Waals surface area contributed by atoms with Crippen LogP contribution in [0.1, 0.15) is 24.3 Å². The van der Waals surface area contributed by atoms with Crippen LogP contribution in [0, 0.1) is 0 Å². The number of pyridine rings is 1. The van der Waals surface area contributed by atoms with E-state index in [1.54, 1.807) is 0 Å². The molecule has 1 aromatic rings. The van der Waals surface area contributed by atoms with Crippen molar-refractivity contribution in [2.24, 2.45) is 0 Å². The van der Waals surface area contributed by atoms with Crippen LogP contribution in [-0.4, -0.2) is 34.6 Å². The summed E-state index contributed by atoms with van der Waals surface area (Å²) < 4.78 is 37.3. The summed E-state index contributed by atoms with van der Waals surface area (Å²) in [5.41, 5.74) is 5.13. The van der Waals surface area contributed by atoms with Gasteiger partial charge in [0.05, 0.1) is 5.02 Å². The summed E-state index contributed by atoms with van der Waals surface area (Å²) in [6.07, 6.45) is -4.49. The van der Waals surface area contributed by atoms with Crippen molar-refractivity contribution in [1.82, 2.24) is 9.88 Å². The molecule has 4 nitrogen and oxygen atoms in total. The van der Waals surface area contributed by atoms with Gasteiger partial charge in [-0.15, -0.1) is 0 Å². The van der Waals surface area contributed by atoms with Gasteiger partial charge in [-0.3, -0.25) is 4.79 Å². The van der Waals surface area contributed by atoms with Crippen LogP contribution in [-0.2, 0) is 0 Å². The van der Waals surface area contributed by atoms with Gasteiger partial charge in [-0.1, -0.05) is 11.6 Å². The quantitative estimate of drug-likeness (QED) is 0.933. The molecule has 0 saturated carbocycles. The van der Waals surface area contributed by atoms with E-state index in [2.05, 4.69) is 4.98 Å². The van der Waals surface area contributed by atoms with Crippen LogP contribution < -0.4 is 5.73 Å². The van der Waals surface area contributed by atoms with Gasteiger partial charge in [0.25, 0.3) is 5.91 Å². The maximum Gasteiger partial charge on any atom is 0.406 e. The number of anilines is 1. The van der Waals surface area contributed by atoms with E-state index in [9.17, 15) is 18.0 Å². The van der Waals surface area contributed by atoms with Crippen LogP contribution in [0.3, 0.4) is 0 Å².